The third-order valence-electron chi connectivity index (χ3n) is 6.57. The van der Waals surface area contributed by atoms with Crippen LogP contribution in [0.1, 0.15) is 136 Å². The number of carbonyl (C=O) groups is 2. The maximum absolute atomic E-state index is 12.2. The molecule has 0 fully saturated rings. The number of hydrogen-bond acceptors (Lipinski definition) is 4. The molecule has 5 nitrogen and oxygen atoms in total. The summed E-state index contributed by atoms with van der Waals surface area (Å²) in [7, 11) is 5.86. The van der Waals surface area contributed by atoms with Gasteiger partial charge in [-0.05, 0) is 12.3 Å². The molecular weight excluding hydrogens is 426 g/mol. The van der Waals surface area contributed by atoms with Crippen molar-refractivity contribution in [3.05, 3.63) is 0 Å². The van der Waals surface area contributed by atoms with Gasteiger partial charge in [0.1, 0.15) is 6.54 Å². The second kappa shape index (κ2) is 21.2. The number of carbonyl (C=O) groups excluding carboxylic acids is 2. The molecule has 0 saturated carbocycles. The van der Waals surface area contributed by atoms with Crippen molar-refractivity contribution in [3.63, 3.8) is 0 Å². The molecule has 0 aliphatic rings. The van der Waals surface area contributed by atoms with Crippen molar-refractivity contribution in [2.24, 2.45) is 5.92 Å². The monoisotopic (exact) mass is 483 g/mol. The Balaban J connectivity index is 3.63. The minimum absolute atomic E-state index is 0.239. The quantitative estimate of drug-likeness (QED) is 0.0902. The molecule has 0 rings (SSSR count). The first kappa shape index (κ1) is 32.9. The highest BCUT2D eigenvalue weighted by Crippen LogP contribution is 2.18. The van der Waals surface area contributed by atoms with E-state index in [9.17, 15) is 14.7 Å². The first-order chi connectivity index (χ1) is 16.1. The van der Waals surface area contributed by atoms with Crippen LogP contribution in [0.5, 0.6) is 0 Å². The summed E-state index contributed by atoms with van der Waals surface area (Å²) in [5.41, 5.74) is 0. The normalized spacial score (nSPS) is 13.6. The number of carboxylic acids is 1. The summed E-state index contributed by atoms with van der Waals surface area (Å²) >= 11 is 0. The second-order valence-corrected chi connectivity index (χ2v) is 11.5. The average Bonchev–Trinajstić information content (AvgIpc) is 2.72. The molecule has 0 heterocycles. The third-order valence-corrected chi connectivity index (χ3v) is 6.57. The maximum Gasteiger partial charge on any atom is 0.306 e. The summed E-state index contributed by atoms with van der Waals surface area (Å²) < 4.78 is 5.97. The molecule has 202 valence electrons. The Morgan fingerprint density at radius 1 is 0.735 bits per heavy atom. The standard InChI is InChI=1S/C29H57NO4/c1-6-7-8-9-10-11-12-13-14-15-16-17-18-19-21-26(2)22-20-23-29(33)34-27(24-28(31)32)25-30(3,4)5/h26-27H,6-25H2,1-5H3. The highest BCUT2D eigenvalue weighted by Gasteiger charge is 2.22. The third kappa shape index (κ3) is 24.0. The first-order valence-electron chi connectivity index (χ1n) is 14.3. The van der Waals surface area contributed by atoms with E-state index in [0.717, 1.165) is 12.8 Å². The molecule has 0 bridgehead atoms. The Morgan fingerprint density at radius 2 is 1.18 bits per heavy atom. The summed E-state index contributed by atoms with van der Waals surface area (Å²) in [6.45, 7) is 5.01. The van der Waals surface area contributed by atoms with E-state index in [1.165, 1.54) is 96.3 Å². The Hall–Kier alpha value is -1.10. The van der Waals surface area contributed by atoms with Crippen molar-refractivity contribution in [1.29, 1.82) is 0 Å². The number of carboxylic acid groups (broad SMARTS) is 1. The van der Waals surface area contributed by atoms with Crippen LogP contribution in [0.3, 0.4) is 0 Å². The van der Waals surface area contributed by atoms with Crippen molar-refractivity contribution in [2.45, 2.75) is 142 Å². The molecule has 0 radical (unpaired) electrons. The van der Waals surface area contributed by atoms with Gasteiger partial charge in [0.05, 0.1) is 21.1 Å². The zero-order valence-electron chi connectivity index (χ0n) is 23.4. The van der Waals surface area contributed by atoms with Gasteiger partial charge < -0.3 is 19.1 Å². The van der Waals surface area contributed by atoms with Gasteiger partial charge in [-0.1, -0.05) is 117 Å². The fourth-order valence-electron chi connectivity index (χ4n) is 4.61. The van der Waals surface area contributed by atoms with Gasteiger partial charge >= 0.3 is 5.97 Å². The molecule has 0 aromatic carbocycles. The van der Waals surface area contributed by atoms with Crippen LogP contribution in [0.25, 0.3) is 0 Å². The van der Waals surface area contributed by atoms with E-state index < -0.39 is 12.1 Å². The summed E-state index contributed by atoms with van der Waals surface area (Å²) in [5, 5.41) is 10.9. The van der Waals surface area contributed by atoms with Gasteiger partial charge in [-0.3, -0.25) is 4.79 Å². The van der Waals surface area contributed by atoms with Gasteiger partial charge in [-0.15, -0.1) is 0 Å². The van der Waals surface area contributed by atoms with E-state index in [4.69, 9.17) is 4.74 Å². The molecule has 34 heavy (non-hydrogen) atoms. The molecule has 2 unspecified atom stereocenters. The number of likely N-dealkylation sites (N-methyl/N-ethyl adjacent to an activating group) is 1. The van der Waals surface area contributed by atoms with Crippen molar-refractivity contribution in [2.75, 3.05) is 27.7 Å². The van der Waals surface area contributed by atoms with Gasteiger partial charge in [0.15, 0.2) is 6.10 Å². The van der Waals surface area contributed by atoms with Crippen LogP contribution >= 0.6 is 0 Å². The molecule has 0 N–H and O–H groups in total. The summed E-state index contributed by atoms with van der Waals surface area (Å²) in [6, 6.07) is 0. The maximum atomic E-state index is 12.2. The first-order valence-corrected chi connectivity index (χ1v) is 14.3. The molecule has 0 aromatic heterocycles. The zero-order valence-corrected chi connectivity index (χ0v) is 23.4. The lowest BCUT2D eigenvalue weighted by atomic mass is 9.96. The number of hydrogen-bond donors (Lipinski definition) is 0. The van der Waals surface area contributed by atoms with Crippen LogP contribution in [-0.4, -0.2) is 50.2 Å². The molecule has 0 aliphatic heterocycles. The van der Waals surface area contributed by atoms with Gasteiger partial charge in [-0.25, -0.2) is 0 Å². The highest BCUT2D eigenvalue weighted by molar-refractivity contribution is 5.70. The molecule has 0 aliphatic carbocycles. The predicted octanol–water partition coefficient (Wildman–Crippen LogP) is 6.42. The minimum atomic E-state index is -1.17. The Kier molecular flexibility index (Phi) is 20.5. The van der Waals surface area contributed by atoms with E-state index in [1.807, 2.05) is 21.1 Å². The van der Waals surface area contributed by atoms with Crippen LogP contribution in [0.4, 0.5) is 0 Å². The number of esters is 1. The van der Waals surface area contributed by atoms with E-state index >= 15 is 0 Å². The van der Waals surface area contributed by atoms with Gasteiger partial charge in [0.25, 0.3) is 0 Å². The van der Waals surface area contributed by atoms with Crippen LogP contribution in [0.2, 0.25) is 0 Å². The lowest BCUT2D eigenvalue weighted by molar-refractivity contribution is -0.873. The molecular formula is C29H57NO4. The lowest BCUT2D eigenvalue weighted by Crippen LogP contribution is -2.45. The largest absolute Gasteiger partial charge is 0.550 e. The predicted molar refractivity (Wildman–Crippen MR) is 140 cm³/mol. The lowest BCUT2D eigenvalue weighted by Gasteiger charge is -2.29. The van der Waals surface area contributed by atoms with Crippen LogP contribution in [-0.2, 0) is 14.3 Å². The van der Waals surface area contributed by atoms with E-state index in [1.54, 1.807) is 0 Å². The fraction of sp³-hybridized carbons (Fsp3) is 0.931. The molecule has 5 heteroatoms. The van der Waals surface area contributed by atoms with Crippen molar-refractivity contribution in [1.82, 2.24) is 0 Å². The molecule has 0 saturated heterocycles. The van der Waals surface area contributed by atoms with Crippen LogP contribution < -0.4 is 5.11 Å². The van der Waals surface area contributed by atoms with E-state index in [0.29, 0.717) is 23.4 Å². The second-order valence-electron chi connectivity index (χ2n) is 11.5. The minimum Gasteiger partial charge on any atom is -0.550 e. The number of aliphatic carboxylic acids is 1. The van der Waals surface area contributed by atoms with Crippen molar-refractivity contribution >= 4 is 11.9 Å². The number of nitrogens with zero attached hydrogens (tertiary/aromatic N) is 1. The summed E-state index contributed by atoms with van der Waals surface area (Å²) in [6.07, 6.45) is 22.0. The molecule has 0 aromatic rings. The van der Waals surface area contributed by atoms with Gasteiger partial charge in [-0.2, -0.15) is 0 Å². The number of rotatable bonds is 24. The zero-order chi connectivity index (χ0) is 25.7. The molecule has 0 spiro atoms. The van der Waals surface area contributed by atoms with Gasteiger partial charge in [0, 0.05) is 18.8 Å². The Morgan fingerprint density at radius 3 is 1.62 bits per heavy atom. The van der Waals surface area contributed by atoms with Crippen molar-refractivity contribution < 1.29 is 23.9 Å². The SMILES string of the molecule is CCCCCCCCCCCCCCCCC(C)CCCC(=O)OC(CC(=O)[O-])C[N+](C)(C)C. The van der Waals surface area contributed by atoms with Crippen molar-refractivity contribution in [3.8, 4) is 0 Å². The number of unbranched alkanes of at least 4 members (excludes halogenated alkanes) is 13. The molecule has 0 amide bonds. The summed E-state index contributed by atoms with van der Waals surface area (Å²) in [5.74, 6) is -0.841. The highest BCUT2D eigenvalue weighted by atomic mass is 16.5. The molecule has 2 atom stereocenters. The number of ether oxygens (including phenoxy) is 1. The van der Waals surface area contributed by atoms with Gasteiger partial charge in [0.2, 0.25) is 0 Å². The topological polar surface area (TPSA) is 66.4 Å². The van der Waals surface area contributed by atoms with Crippen LogP contribution in [0.15, 0.2) is 0 Å². The fourth-order valence-corrected chi connectivity index (χ4v) is 4.61. The van der Waals surface area contributed by atoms with Crippen LogP contribution in [0, 0.1) is 5.92 Å². The summed E-state index contributed by atoms with van der Waals surface area (Å²) in [4.78, 5) is 23.1. The smallest absolute Gasteiger partial charge is 0.306 e. The Bertz CT molecular complexity index is 501. The average molecular weight is 484 g/mol. The Labute approximate surface area is 211 Å². The van der Waals surface area contributed by atoms with E-state index in [-0.39, 0.29) is 12.4 Å². The number of quaternary nitrogens is 1. The van der Waals surface area contributed by atoms with E-state index in [2.05, 4.69) is 13.8 Å².